The molecule has 0 bridgehead atoms. The molecule has 0 unspecified atom stereocenters. The predicted molar refractivity (Wildman–Crippen MR) is 84.8 cm³/mol. The first-order chi connectivity index (χ1) is 11.6. The van der Waals surface area contributed by atoms with Gasteiger partial charge in [0.2, 0.25) is 11.8 Å². The summed E-state index contributed by atoms with van der Waals surface area (Å²) in [4.78, 5) is 19.0. The van der Waals surface area contributed by atoms with Crippen molar-refractivity contribution in [3.63, 3.8) is 0 Å². The average Bonchev–Trinajstić information content (AvgIpc) is 3.28. The zero-order valence-electron chi connectivity index (χ0n) is 13.6. The van der Waals surface area contributed by atoms with Gasteiger partial charge in [0.1, 0.15) is 5.82 Å². The van der Waals surface area contributed by atoms with Crippen LogP contribution >= 0.6 is 0 Å². The summed E-state index contributed by atoms with van der Waals surface area (Å²) in [5.74, 6) is 1.64. The number of piperidine rings is 1. The lowest BCUT2D eigenvalue weighted by atomic mass is 9.96. The monoisotopic (exact) mass is 329 g/mol. The van der Waals surface area contributed by atoms with Gasteiger partial charge in [0.25, 0.3) is 0 Å². The summed E-state index contributed by atoms with van der Waals surface area (Å²) in [5, 5.41) is 4.00. The van der Waals surface area contributed by atoms with Gasteiger partial charge in [0, 0.05) is 31.8 Å². The minimum Gasteiger partial charge on any atom is -0.342 e. The third-order valence-corrected chi connectivity index (χ3v) is 5.05. The van der Waals surface area contributed by atoms with Gasteiger partial charge in [0.15, 0.2) is 5.82 Å². The summed E-state index contributed by atoms with van der Waals surface area (Å²) in [5.41, 5.74) is 1.05. The molecule has 1 aromatic carbocycles. The van der Waals surface area contributed by atoms with Crippen LogP contribution in [-0.4, -0.2) is 34.0 Å². The van der Waals surface area contributed by atoms with Gasteiger partial charge in [0.05, 0.1) is 0 Å². The number of carbonyl (C=O) groups is 1. The van der Waals surface area contributed by atoms with Crippen molar-refractivity contribution in [2.24, 2.45) is 5.92 Å². The minimum absolute atomic E-state index is 0.0289. The first-order valence-corrected chi connectivity index (χ1v) is 8.46. The molecule has 2 aliphatic rings. The Hall–Kier alpha value is -2.24. The maximum absolute atomic E-state index is 13.0. The second-order valence-electron chi connectivity index (χ2n) is 6.80. The Morgan fingerprint density at radius 2 is 2.12 bits per heavy atom. The summed E-state index contributed by atoms with van der Waals surface area (Å²) in [6, 6.07) is 6.50. The molecule has 2 aromatic rings. The van der Waals surface area contributed by atoms with Crippen molar-refractivity contribution in [3.05, 3.63) is 47.4 Å². The molecule has 5 nitrogen and oxygen atoms in total. The smallest absolute Gasteiger partial charge is 0.226 e. The number of amides is 1. The van der Waals surface area contributed by atoms with E-state index in [9.17, 15) is 9.18 Å². The fourth-order valence-electron chi connectivity index (χ4n) is 3.65. The Labute approximate surface area is 139 Å². The Bertz CT molecular complexity index is 743. The maximum atomic E-state index is 13.0. The van der Waals surface area contributed by atoms with E-state index >= 15 is 0 Å². The van der Waals surface area contributed by atoms with E-state index in [1.54, 1.807) is 19.1 Å². The van der Waals surface area contributed by atoms with Crippen molar-refractivity contribution in [3.8, 4) is 0 Å². The van der Waals surface area contributed by atoms with Crippen LogP contribution in [0, 0.1) is 18.7 Å². The van der Waals surface area contributed by atoms with Gasteiger partial charge in [-0.25, -0.2) is 4.39 Å². The second-order valence-corrected chi connectivity index (χ2v) is 6.80. The summed E-state index contributed by atoms with van der Waals surface area (Å²) in [7, 11) is 0. The van der Waals surface area contributed by atoms with E-state index < -0.39 is 0 Å². The largest absolute Gasteiger partial charge is 0.342 e. The zero-order valence-corrected chi connectivity index (χ0v) is 13.6. The molecule has 1 aliphatic heterocycles. The van der Waals surface area contributed by atoms with Crippen LogP contribution in [0.2, 0.25) is 0 Å². The van der Waals surface area contributed by atoms with Crippen LogP contribution in [0.4, 0.5) is 4.39 Å². The number of hydrogen-bond acceptors (Lipinski definition) is 4. The van der Waals surface area contributed by atoms with Crippen LogP contribution in [0.1, 0.15) is 48.4 Å². The normalized spacial score (nSPS) is 26.4. The summed E-state index contributed by atoms with van der Waals surface area (Å²) >= 11 is 0. The summed E-state index contributed by atoms with van der Waals surface area (Å²) in [6.07, 6.45) is 2.79. The number of aryl methyl sites for hydroxylation is 1. The quantitative estimate of drug-likeness (QED) is 0.868. The highest BCUT2D eigenvalue weighted by Crippen LogP contribution is 2.48. The summed E-state index contributed by atoms with van der Waals surface area (Å²) in [6.45, 7) is 3.23. The Morgan fingerprint density at radius 1 is 1.33 bits per heavy atom. The van der Waals surface area contributed by atoms with Gasteiger partial charge < -0.3 is 9.42 Å². The van der Waals surface area contributed by atoms with E-state index in [4.69, 9.17) is 4.52 Å². The lowest BCUT2D eigenvalue weighted by Gasteiger charge is -2.31. The molecule has 1 amide bonds. The molecule has 2 fully saturated rings. The van der Waals surface area contributed by atoms with Gasteiger partial charge in [-0.2, -0.15) is 4.98 Å². The van der Waals surface area contributed by atoms with E-state index in [2.05, 4.69) is 10.1 Å². The van der Waals surface area contributed by atoms with Crippen LogP contribution in [0.5, 0.6) is 0 Å². The van der Waals surface area contributed by atoms with Crippen molar-refractivity contribution in [2.45, 2.75) is 38.0 Å². The van der Waals surface area contributed by atoms with Crippen molar-refractivity contribution in [1.82, 2.24) is 15.0 Å². The highest BCUT2D eigenvalue weighted by Gasteiger charge is 2.46. The fourth-order valence-corrected chi connectivity index (χ4v) is 3.65. The molecule has 1 aliphatic carbocycles. The third-order valence-electron chi connectivity index (χ3n) is 5.05. The van der Waals surface area contributed by atoms with Crippen molar-refractivity contribution < 1.29 is 13.7 Å². The number of benzene rings is 1. The molecule has 3 atom stereocenters. The SMILES string of the molecule is Cc1nc([C@@H]2CCCN(C(=O)[C@H]3C[C@@H]3c3ccc(F)cc3)C2)no1. The molecule has 24 heavy (non-hydrogen) atoms. The van der Waals surface area contributed by atoms with Gasteiger partial charge >= 0.3 is 0 Å². The molecule has 0 spiro atoms. The van der Waals surface area contributed by atoms with Crippen LogP contribution < -0.4 is 0 Å². The number of hydrogen-bond donors (Lipinski definition) is 0. The molecule has 2 heterocycles. The second kappa shape index (κ2) is 6.00. The number of nitrogens with zero attached hydrogens (tertiary/aromatic N) is 3. The highest BCUT2D eigenvalue weighted by atomic mass is 19.1. The van der Waals surface area contributed by atoms with Crippen LogP contribution in [0.15, 0.2) is 28.8 Å². The fraction of sp³-hybridized carbons (Fsp3) is 0.500. The van der Waals surface area contributed by atoms with Gasteiger partial charge in [-0.05, 0) is 42.9 Å². The van der Waals surface area contributed by atoms with Crippen LogP contribution in [0.25, 0.3) is 0 Å². The lowest BCUT2D eigenvalue weighted by Crippen LogP contribution is -2.40. The molecule has 126 valence electrons. The van der Waals surface area contributed by atoms with E-state index in [-0.39, 0.29) is 29.5 Å². The van der Waals surface area contributed by atoms with E-state index in [0.717, 1.165) is 31.4 Å². The predicted octanol–water partition coefficient (Wildman–Crippen LogP) is 3.03. The first-order valence-electron chi connectivity index (χ1n) is 8.46. The Morgan fingerprint density at radius 3 is 2.83 bits per heavy atom. The first kappa shape index (κ1) is 15.3. The van der Waals surface area contributed by atoms with Crippen molar-refractivity contribution >= 4 is 5.91 Å². The Balaban J connectivity index is 1.41. The number of halogens is 1. The number of rotatable bonds is 3. The minimum atomic E-state index is -0.239. The van der Waals surface area contributed by atoms with E-state index in [1.807, 2.05) is 4.90 Å². The molecule has 1 saturated carbocycles. The average molecular weight is 329 g/mol. The number of carbonyl (C=O) groups excluding carboxylic acids is 1. The van der Waals surface area contributed by atoms with Gasteiger partial charge in [-0.15, -0.1) is 0 Å². The number of aromatic nitrogens is 2. The van der Waals surface area contributed by atoms with E-state index in [1.165, 1.54) is 12.1 Å². The molecule has 0 N–H and O–H groups in total. The molecular formula is C18H20FN3O2. The topological polar surface area (TPSA) is 59.2 Å². The molecule has 4 rings (SSSR count). The summed E-state index contributed by atoms with van der Waals surface area (Å²) < 4.78 is 18.1. The van der Waals surface area contributed by atoms with Gasteiger partial charge in [-0.3, -0.25) is 4.79 Å². The third kappa shape index (κ3) is 2.92. The molecular weight excluding hydrogens is 309 g/mol. The maximum Gasteiger partial charge on any atom is 0.226 e. The number of likely N-dealkylation sites (tertiary alicyclic amines) is 1. The molecule has 0 radical (unpaired) electrons. The highest BCUT2D eigenvalue weighted by molar-refractivity contribution is 5.83. The van der Waals surface area contributed by atoms with Gasteiger partial charge in [-0.1, -0.05) is 17.3 Å². The van der Waals surface area contributed by atoms with E-state index in [0.29, 0.717) is 18.3 Å². The molecule has 1 aromatic heterocycles. The van der Waals surface area contributed by atoms with Crippen LogP contribution in [0.3, 0.4) is 0 Å². The van der Waals surface area contributed by atoms with Crippen molar-refractivity contribution in [1.29, 1.82) is 0 Å². The standard InChI is InChI=1S/C18H20FN3O2/c1-11-20-17(21-24-11)13-3-2-8-22(10-13)18(23)16-9-15(16)12-4-6-14(19)7-5-12/h4-7,13,15-16H,2-3,8-10H2,1H3/t13-,15-,16+/m1/s1. The Kier molecular flexibility index (Phi) is 3.82. The van der Waals surface area contributed by atoms with Crippen molar-refractivity contribution in [2.75, 3.05) is 13.1 Å². The van der Waals surface area contributed by atoms with Crippen LogP contribution in [-0.2, 0) is 4.79 Å². The molecule has 1 saturated heterocycles. The zero-order chi connectivity index (χ0) is 16.7. The lowest BCUT2D eigenvalue weighted by molar-refractivity contribution is -0.133. The molecule has 6 heteroatoms.